The lowest BCUT2D eigenvalue weighted by Crippen LogP contribution is -1.94. The number of pyridine rings is 1. The van der Waals surface area contributed by atoms with Gasteiger partial charge >= 0.3 is 0 Å². The topological polar surface area (TPSA) is 30.2 Å². The summed E-state index contributed by atoms with van der Waals surface area (Å²) in [5.74, 6) is 0.394. The average Bonchev–Trinajstić information content (AvgIpc) is 2.74. The van der Waals surface area contributed by atoms with Gasteiger partial charge < -0.3 is 0 Å². The van der Waals surface area contributed by atoms with E-state index in [1.807, 2.05) is 35.6 Å². The second-order valence-electron chi connectivity index (χ2n) is 3.89. The summed E-state index contributed by atoms with van der Waals surface area (Å²) in [6.45, 7) is 1.97. The van der Waals surface area contributed by atoms with E-state index in [2.05, 4.69) is 10.2 Å². The summed E-state index contributed by atoms with van der Waals surface area (Å²) in [7, 11) is 0. The quantitative estimate of drug-likeness (QED) is 0.640. The first-order valence-electron chi connectivity index (χ1n) is 5.32. The van der Waals surface area contributed by atoms with Gasteiger partial charge in [0.15, 0.2) is 11.5 Å². The molecule has 0 bridgehead atoms. The van der Waals surface area contributed by atoms with E-state index >= 15 is 0 Å². The van der Waals surface area contributed by atoms with E-state index in [0.717, 1.165) is 16.9 Å². The van der Waals surface area contributed by atoms with Crippen LogP contribution in [0.2, 0.25) is 0 Å². The van der Waals surface area contributed by atoms with Crippen molar-refractivity contribution in [3.05, 3.63) is 54.0 Å². The lowest BCUT2D eigenvalue weighted by atomic mass is 10.2. The van der Waals surface area contributed by atoms with Gasteiger partial charge in [-0.2, -0.15) is 0 Å². The number of benzene rings is 1. The molecule has 0 N–H and O–H groups in total. The molecule has 3 rings (SSSR count). The Morgan fingerprint density at radius 2 is 1.88 bits per heavy atom. The fourth-order valence-electron chi connectivity index (χ4n) is 1.91. The van der Waals surface area contributed by atoms with Crippen molar-refractivity contribution in [2.45, 2.75) is 6.92 Å². The van der Waals surface area contributed by atoms with E-state index < -0.39 is 0 Å². The molecule has 1 aromatic carbocycles. The van der Waals surface area contributed by atoms with Gasteiger partial charge in [0.25, 0.3) is 0 Å². The maximum absolute atomic E-state index is 13.2. The van der Waals surface area contributed by atoms with E-state index in [0.29, 0.717) is 5.82 Å². The van der Waals surface area contributed by atoms with Crippen LogP contribution in [0.15, 0.2) is 42.5 Å². The summed E-state index contributed by atoms with van der Waals surface area (Å²) in [5.41, 5.74) is 2.52. The zero-order valence-electron chi connectivity index (χ0n) is 9.26. The van der Waals surface area contributed by atoms with Crippen molar-refractivity contribution < 1.29 is 4.39 Å². The number of aromatic nitrogens is 3. The molecule has 3 nitrogen and oxygen atoms in total. The van der Waals surface area contributed by atoms with Gasteiger partial charge in [-0.1, -0.05) is 18.2 Å². The maximum atomic E-state index is 13.2. The van der Waals surface area contributed by atoms with E-state index in [-0.39, 0.29) is 5.82 Å². The predicted molar refractivity (Wildman–Crippen MR) is 63.1 cm³/mol. The normalized spacial score (nSPS) is 10.9. The van der Waals surface area contributed by atoms with Crippen LogP contribution in [0.5, 0.6) is 0 Å². The largest absolute Gasteiger partial charge is 0.280 e. The predicted octanol–water partition coefficient (Wildman–Crippen LogP) is 2.84. The molecule has 0 aliphatic rings. The average molecular weight is 227 g/mol. The van der Waals surface area contributed by atoms with Gasteiger partial charge in [-0.15, -0.1) is 10.2 Å². The Hall–Kier alpha value is -2.23. The zero-order valence-corrected chi connectivity index (χ0v) is 9.26. The maximum Gasteiger partial charge on any atom is 0.168 e. The molecular weight excluding hydrogens is 217 g/mol. The molecule has 0 radical (unpaired) electrons. The third kappa shape index (κ3) is 1.58. The van der Waals surface area contributed by atoms with Crippen LogP contribution in [0.1, 0.15) is 5.69 Å². The van der Waals surface area contributed by atoms with Crippen molar-refractivity contribution in [2.24, 2.45) is 0 Å². The SMILES string of the molecule is Cc1cccc2nnc(-c3cccc(F)c3)n12. The van der Waals surface area contributed by atoms with Crippen LogP contribution in [0.3, 0.4) is 0 Å². The van der Waals surface area contributed by atoms with Crippen LogP contribution >= 0.6 is 0 Å². The second kappa shape index (κ2) is 3.66. The van der Waals surface area contributed by atoms with Gasteiger partial charge in [0.1, 0.15) is 5.82 Å². The smallest absolute Gasteiger partial charge is 0.168 e. The van der Waals surface area contributed by atoms with E-state index in [4.69, 9.17) is 0 Å². The summed E-state index contributed by atoms with van der Waals surface area (Å²) < 4.78 is 15.1. The number of rotatable bonds is 1. The van der Waals surface area contributed by atoms with Crippen LogP contribution in [0.25, 0.3) is 17.0 Å². The molecule has 3 aromatic rings. The van der Waals surface area contributed by atoms with E-state index in [1.165, 1.54) is 12.1 Å². The molecular formula is C13H10FN3. The molecule has 0 saturated heterocycles. The highest BCUT2D eigenvalue weighted by molar-refractivity contribution is 5.60. The van der Waals surface area contributed by atoms with Crippen molar-refractivity contribution >= 4 is 5.65 Å². The Morgan fingerprint density at radius 1 is 1.06 bits per heavy atom. The third-order valence-corrected chi connectivity index (χ3v) is 2.71. The summed E-state index contributed by atoms with van der Waals surface area (Å²) >= 11 is 0. The van der Waals surface area contributed by atoms with Crippen LogP contribution in [0.4, 0.5) is 4.39 Å². The number of halogens is 1. The fourth-order valence-corrected chi connectivity index (χ4v) is 1.91. The van der Waals surface area contributed by atoms with Gasteiger partial charge in [0, 0.05) is 11.3 Å². The molecule has 2 aromatic heterocycles. The molecule has 84 valence electrons. The Kier molecular flexibility index (Phi) is 2.14. The molecule has 0 saturated carbocycles. The Balaban J connectivity index is 2.31. The molecule has 0 aliphatic heterocycles. The highest BCUT2D eigenvalue weighted by Crippen LogP contribution is 2.20. The minimum atomic E-state index is -0.271. The first kappa shape index (κ1) is 9.96. The Bertz CT molecular complexity index is 688. The summed E-state index contributed by atoms with van der Waals surface area (Å²) in [4.78, 5) is 0. The summed E-state index contributed by atoms with van der Waals surface area (Å²) in [6, 6.07) is 12.1. The molecule has 0 fully saturated rings. The van der Waals surface area contributed by atoms with Crippen LogP contribution in [-0.4, -0.2) is 14.6 Å². The van der Waals surface area contributed by atoms with Gasteiger partial charge in [-0.05, 0) is 31.2 Å². The molecule has 4 heteroatoms. The number of fused-ring (bicyclic) bond motifs is 1. The van der Waals surface area contributed by atoms with Crippen molar-refractivity contribution in [3.63, 3.8) is 0 Å². The van der Waals surface area contributed by atoms with Gasteiger partial charge in [-0.25, -0.2) is 4.39 Å². The second-order valence-corrected chi connectivity index (χ2v) is 3.89. The number of aryl methyl sites for hydroxylation is 1. The van der Waals surface area contributed by atoms with Crippen molar-refractivity contribution in [3.8, 4) is 11.4 Å². The highest BCUT2D eigenvalue weighted by Gasteiger charge is 2.09. The van der Waals surface area contributed by atoms with Crippen molar-refractivity contribution in [2.75, 3.05) is 0 Å². The molecule has 0 spiro atoms. The van der Waals surface area contributed by atoms with Crippen molar-refractivity contribution in [1.82, 2.24) is 14.6 Å². The van der Waals surface area contributed by atoms with Crippen molar-refractivity contribution in [1.29, 1.82) is 0 Å². The zero-order chi connectivity index (χ0) is 11.8. The molecule has 0 atom stereocenters. The van der Waals surface area contributed by atoms with Crippen LogP contribution in [-0.2, 0) is 0 Å². The van der Waals surface area contributed by atoms with E-state index in [1.54, 1.807) is 6.07 Å². The lowest BCUT2D eigenvalue weighted by Gasteiger charge is -2.03. The minimum Gasteiger partial charge on any atom is -0.280 e. The fraction of sp³-hybridized carbons (Fsp3) is 0.0769. The molecule has 17 heavy (non-hydrogen) atoms. The van der Waals surface area contributed by atoms with Gasteiger partial charge in [0.05, 0.1) is 0 Å². The molecule has 2 heterocycles. The van der Waals surface area contributed by atoms with E-state index in [9.17, 15) is 4.39 Å². The highest BCUT2D eigenvalue weighted by atomic mass is 19.1. The lowest BCUT2D eigenvalue weighted by molar-refractivity contribution is 0.628. The number of nitrogens with zero attached hydrogens (tertiary/aromatic N) is 3. The molecule has 0 amide bonds. The van der Waals surface area contributed by atoms with Gasteiger partial charge in [0.2, 0.25) is 0 Å². The number of hydrogen-bond donors (Lipinski definition) is 0. The standard InChI is InChI=1S/C13H10FN3/c1-9-4-2-7-12-15-16-13(17(9)12)10-5-3-6-11(14)8-10/h2-8H,1H3. The summed E-state index contributed by atoms with van der Waals surface area (Å²) in [6.07, 6.45) is 0. The first-order valence-corrected chi connectivity index (χ1v) is 5.32. The monoisotopic (exact) mass is 227 g/mol. The Morgan fingerprint density at radius 3 is 2.71 bits per heavy atom. The Labute approximate surface area is 97.5 Å². The molecule has 0 aliphatic carbocycles. The van der Waals surface area contributed by atoms with Gasteiger partial charge in [-0.3, -0.25) is 4.40 Å². The minimum absolute atomic E-state index is 0.271. The number of hydrogen-bond acceptors (Lipinski definition) is 2. The van der Waals surface area contributed by atoms with Crippen LogP contribution < -0.4 is 0 Å². The molecule has 0 unspecified atom stereocenters. The summed E-state index contributed by atoms with van der Waals surface area (Å²) in [5, 5.41) is 8.19. The third-order valence-electron chi connectivity index (χ3n) is 2.71. The van der Waals surface area contributed by atoms with Crippen LogP contribution in [0, 0.1) is 12.7 Å². The first-order chi connectivity index (χ1) is 8.25.